The average molecular weight is 642 g/mol. The molecule has 3 aromatic rings. The standard InChI is InChI=1S/C33H28FN5O8/c34-23-14-21-20(32(45)39(33(21)46)24-5-6-26(40)36-30(24)43)13-17(23)16-38-11-9-37(10-12-38)8-7-35-31(44)25-15-22-27(41)18-3-1-2-4-19(18)28(42)29(22)47-25/h1-4,13-15,24H,5-12,16H2,(H,35,44)(H,36,40,43). The highest BCUT2D eigenvalue weighted by atomic mass is 19.1. The van der Waals surface area contributed by atoms with Crippen LogP contribution in [0.15, 0.2) is 46.9 Å². The number of amides is 5. The number of carbonyl (C=O) groups is 7. The molecule has 5 amide bonds. The minimum absolute atomic E-state index is 0.00654. The molecule has 4 heterocycles. The fraction of sp³-hybridized carbons (Fsp3) is 0.303. The predicted molar refractivity (Wildman–Crippen MR) is 159 cm³/mol. The first-order chi connectivity index (χ1) is 22.6. The van der Waals surface area contributed by atoms with Crippen molar-refractivity contribution < 1.29 is 42.4 Å². The Bertz CT molecular complexity index is 1860. The number of halogens is 1. The molecule has 0 saturated carbocycles. The van der Waals surface area contributed by atoms with E-state index in [0.717, 1.165) is 11.0 Å². The van der Waals surface area contributed by atoms with Gasteiger partial charge in [0.15, 0.2) is 17.3 Å². The highest BCUT2D eigenvalue weighted by molar-refractivity contribution is 6.28. The van der Waals surface area contributed by atoms with Crippen molar-refractivity contribution >= 4 is 41.1 Å². The van der Waals surface area contributed by atoms with Gasteiger partial charge in [-0.25, -0.2) is 4.39 Å². The van der Waals surface area contributed by atoms with E-state index in [4.69, 9.17) is 4.42 Å². The van der Waals surface area contributed by atoms with E-state index < -0.39 is 47.2 Å². The molecule has 47 heavy (non-hydrogen) atoms. The molecular weight excluding hydrogens is 613 g/mol. The lowest BCUT2D eigenvalue weighted by Gasteiger charge is -2.34. The van der Waals surface area contributed by atoms with Gasteiger partial charge >= 0.3 is 0 Å². The first-order valence-corrected chi connectivity index (χ1v) is 15.2. The molecule has 240 valence electrons. The number of piperidine rings is 1. The van der Waals surface area contributed by atoms with E-state index in [9.17, 15) is 33.6 Å². The monoisotopic (exact) mass is 641 g/mol. The highest BCUT2D eigenvalue weighted by Crippen LogP contribution is 2.31. The van der Waals surface area contributed by atoms with Crippen LogP contribution >= 0.6 is 0 Å². The third-order valence-electron chi connectivity index (χ3n) is 9.00. The van der Waals surface area contributed by atoms with E-state index in [-0.39, 0.29) is 76.6 Å². The Hall–Kier alpha value is -5.34. The van der Waals surface area contributed by atoms with E-state index in [1.807, 2.05) is 4.90 Å². The lowest BCUT2D eigenvalue weighted by molar-refractivity contribution is -0.136. The number of imide groups is 2. The lowest BCUT2D eigenvalue weighted by atomic mass is 9.89. The smallest absolute Gasteiger partial charge is 0.287 e. The van der Waals surface area contributed by atoms with Gasteiger partial charge < -0.3 is 9.73 Å². The summed E-state index contributed by atoms with van der Waals surface area (Å²) in [5.41, 5.74) is 0.751. The molecule has 7 rings (SSSR count). The van der Waals surface area contributed by atoms with Crippen LogP contribution in [0.5, 0.6) is 0 Å². The number of nitrogens with zero attached hydrogens (tertiary/aromatic N) is 3. The molecule has 2 fully saturated rings. The van der Waals surface area contributed by atoms with Crippen LogP contribution in [0.4, 0.5) is 4.39 Å². The number of benzene rings is 2. The molecule has 1 aliphatic carbocycles. The van der Waals surface area contributed by atoms with E-state index in [1.165, 1.54) is 12.1 Å². The molecule has 2 aromatic carbocycles. The average Bonchev–Trinajstić information content (AvgIpc) is 3.61. The summed E-state index contributed by atoms with van der Waals surface area (Å²) in [6, 6.07) is 9.01. The summed E-state index contributed by atoms with van der Waals surface area (Å²) in [6.07, 6.45) is 0.00875. The third kappa shape index (κ3) is 5.34. The molecule has 14 heteroatoms. The van der Waals surface area contributed by atoms with Gasteiger partial charge in [-0.05, 0) is 18.6 Å². The Kier molecular flexibility index (Phi) is 7.60. The molecule has 4 aliphatic rings. The van der Waals surface area contributed by atoms with Crippen molar-refractivity contribution in [1.82, 2.24) is 25.3 Å². The first-order valence-electron chi connectivity index (χ1n) is 15.2. The molecule has 1 atom stereocenters. The van der Waals surface area contributed by atoms with Crippen LogP contribution in [-0.2, 0) is 16.1 Å². The SMILES string of the molecule is O=C1CCC(N2C(=O)c3cc(F)c(CN4CCN(CCNC(=O)c5cc6c(o5)C(=O)c5ccccc5C6=O)CC4)cc3C2=O)C(=O)N1. The lowest BCUT2D eigenvalue weighted by Crippen LogP contribution is -2.54. The van der Waals surface area contributed by atoms with Crippen LogP contribution in [0, 0.1) is 5.82 Å². The Labute approximate surface area is 266 Å². The number of ketones is 2. The summed E-state index contributed by atoms with van der Waals surface area (Å²) in [7, 11) is 0. The number of rotatable bonds is 7. The Morgan fingerprint density at radius 3 is 2.21 bits per heavy atom. The van der Waals surface area contributed by atoms with Crippen LogP contribution < -0.4 is 10.6 Å². The fourth-order valence-corrected chi connectivity index (χ4v) is 6.47. The topological polar surface area (TPSA) is 166 Å². The van der Waals surface area contributed by atoms with Gasteiger partial charge in [0, 0.05) is 75.0 Å². The van der Waals surface area contributed by atoms with E-state index in [1.54, 1.807) is 24.3 Å². The number of hydrogen-bond acceptors (Lipinski definition) is 10. The van der Waals surface area contributed by atoms with Crippen molar-refractivity contribution in [3.8, 4) is 0 Å². The minimum atomic E-state index is -1.12. The van der Waals surface area contributed by atoms with Crippen LogP contribution in [-0.4, -0.2) is 101 Å². The quantitative estimate of drug-likeness (QED) is 0.280. The van der Waals surface area contributed by atoms with Gasteiger partial charge in [-0.3, -0.25) is 53.6 Å². The maximum Gasteiger partial charge on any atom is 0.287 e. The predicted octanol–water partition coefficient (Wildman–Crippen LogP) is 1.14. The second-order valence-electron chi connectivity index (χ2n) is 11.9. The zero-order valence-electron chi connectivity index (χ0n) is 25.0. The summed E-state index contributed by atoms with van der Waals surface area (Å²) in [5.74, 6) is -4.90. The number of piperazine rings is 1. The van der Waals surface area contributed by atoms with Crippen molar-refractivity contribution in [3.63, 3.8) is 0 Å². The van der Waals surface area contributed by atoms with Crippen molar-refractivity contribution in [2.75, 3.05) is 39.3 Å². The van der Waals surface area contributed by atoms with Gasteiger partial charge in [-0.2, -0.15) is 0 Å². The minimum Gasteiger partial charge on any atom is -0.447 e. The normalized spacial score (nSPS) is 19.9. The largest absolute Gasteiger partial charge is 0.447 e. The third-order valence-corrected chi connectivity index (χ3v) is 9.00. The van der Waals surface area contributed by atoms with Gasteiger partial charge in [0.2, 0.25) is 17.6 Å². The number of carbonyl (C=O) groups excluding carboxylic acids is 7. The fourth-order valence-electron chi connectivity index (χ4n) is 6.47. The van der Waals surface area contributed by atoms with E-state index >= 15 is 4.39 Å². The van der Waals surface area contributed by atoms with Gasteiger partial charge in [-0.15, -0.1) is 0 Å². The van der Waals surface area contributed by atoms with Crippen LogP contribution in [0.2, 0.25) is 0 Å². The molecule has 0 bridgehead atoms. The summed E-state index contributed by atoms with van der Waals surface area (Å²) in [6.45, 7) is 3.41. The zero-order chi connectivity index (χ0) is 33.0. The van der Waals surface area contributed by atoms with E-state index in [2.05, 4.69) is 15.5 Å². The zero-order valence-corrected chi connectivity index (χ0v) is 25.0. The molecule has 13 nitrogen and oxygen atoms in total. The Morgan fingerprint density at radius 1 is 0.851 bits per heavy atom. The van der Waals surface area contributed by atoms with E-state index in [0.29, 0.717) is 32.7 Å². The van der Waals surface area contributed by atoms with Crippen LogP contribution in [0.3, 0.4) is 0 Å². The highest BCUT2D eigenvalue weighted by Gasteiger charge is 2.45. The number of fused-ring (bicyclic) bond motifs is 3. The summed E-state index contributed by atoms with van der Waals surface area (Å²) < 4.78 is 20.6. The molecule has 2 N–H and O–H groups in total. The maximum absolute atomic E-state index is 15.1. The molecule has 1 aromatic heterocycles. The van der Waals surface area contributed by atoms with Gasteiger partial charge in [0.05, 0.1) is 16.7 Å². The van der Waals surface area contributed by atoms with Gasteiger partial charge in [-0.1, -0.05) is 24.3 Å². The summed E-state index contributed by atoms with van der Waals surface area (Å²) in [5, 5.41) is 4.90. The second-order valence-corrected chi connectivity index (χ2v) is 11.9. The summed E-state index contributed by atoms with van der Waals surface area (Å²) >= 11 is 0. The van der Waals surface area contributed by atoms with Crippen molar-refractivity contribution in [2.45, 2.75) is 25.4 Å². The van der Waals surface area contributed by atoms with Gasteiger partial charge in [0.1, 0.15) is 11.9 Å². The molecule has 1 unspecified atom stereocenters. The first kappa shape index (κ1) is 30.3. The van der Waals surface area contributed by atoms with Crippen molar-refractivity contribution in [3.05, 3.63) is 93.2 Å². The van der Waals surface area contributed by atoms with Gasteiger partial charge in [0.25, 0.3) is 17.7 Å². The maximum atomic E-state index is 15.1. The summed E-state index contributed by atoms with van der Waals surface area (Å²) in [4.78, 5) is 93.2. The molecule has 0 spiro atoms. The number of hydrogen-bond donors (Lipinski definition) is 2. The Morgan fingerprint density at radius 2 is 1.51 bits per heavy atom. The van der Waals surface area contributed by atoms with Crippen LogP contribution in [0.1, 0.15) is 81.7 Å². The second kappa shape index (κ2) is 11.8. The van der Waals surface area contributed by atoms with Crippen molar-refractivity contribution in [1.29, 1.82) is 0 Å². The number of furan rings is 1. The molecule has 3 aliphatic heterocycles. The molecule has 0 radical (unpaired) electrons. The number of nitrogens with one attached hydrogen (secondary N) is 2. The molecule has 2 saturated heterocycles. The Balaban J connectivity index is 0.913. The van der Waals surface area contributed by atoms with Crippen molar-refractivity contribution in [2.24, 2.45) is 0 Å². The van der Waals surface area contributed by atoms with Crippen LogP contribution in [0.25, 0.3) is 0 Å². The molecular formula is C33H28FN5O8.